The molecule has 1 aromatic rings. The van der Waals surface area contributed by atoms with Gasteiger partial charge in [-0.25, -0.2) is 0 Å². The van der Waals surface area contributed by atoms with E-state index in [1.165, 1.54) is 12.8 Å². The molecule has 1 saturated carbocycles. The van der Waals surface area contributed by atoms with Crippen LogP contribution in [0.15, 0.2) is 24.3 Å². The summed E-state index contributed by atoms with van der Waals surface area (Å²) in [7, 11) is 0. The number of benzene rings is 1. The molecule has 0 heterocycles. The highest BCUT2D eigenvalue weighted by atomic mass is 16.5. The van der Waals surface area contributed by atoms with Crippen LogP contribution in [0, 0.1) is 18.3 Å². The van der Waals surface area contributed by atoms with Crippen LogP contribution in [-0.2, 0) is 0 Å². The smallest absolute Gasteiger partial charge is 0.254 e. The normalized spacial score (nSPS) is 13.6. The van der Waals surface area contributed by atoms with Gasteiger partial charge in [0.2, 0.25) is 0 Å². The molecule has 106 valence electrons. The fraction of sp³-hybridized carbons (Fsp3) is 0.471. The van der Waals surface area contributed by atoms with Crippen molar-refractivity contribution in [3.63, 3.8) is 0 Å². The van der Waals surface area contributed by atoms with E-state index in [2.05, 4.69) is 12.8 Å². The summed E-state index contributed by atoms with van der Waals surface area (Å²) in [5.74, 6) is 3.94. The van der Waals surface area contributed by atoms with E-state index in [1.54, 1.807) is 11.0 Å². The van der Waals surface area contributed by atoms with Crippen LogP contribution in [0.2, 0.25) is 0 Å². The Labute approximate surface area is 120 Å². The number of ether oxygens (including phenoxy) is 1. The van der Waals surface area contributed by atoms with Gasteiger partial charge in [0.05, 0.1) is 13.2 Å². The van der Waals surface area contributed by atoms with Crippen molar-refractivity contribution in [1.82, 2.24) is 4.90 Å². The number of nitrogens with zero attached hydrogens (tertiary/aromatic N) is 1. The van der Waals surface area contributed by atoms with Crippen LogP contribution in [-0.4, -0.2) is 30.5 Å². The van der Waals surface area contributed by atoms with E-state index in [0.29, 0.717) is 24.6 Å². The largest absolute Gasteiger partial charge is 0.494 e. The summed E-state index contributed by atoms with van der Waals surface area (Å²) in [6.07, 6.45) is 8.72. The maximum atomic E-state index is 12.5. The lowest BCUT2D eigenvalue weighted by atomic mass is 10.1. The van der Waals surface area contributed by atoms with Crippen LogP contribution in [0.5, 0.6) is 5.75 Å². The minimum atomic E-state index is -0.00296. The number of hydrogen-bond donors (Lipinski definition) is 0. The summed E-state index contributed by atoms with van der Waals surface area (Å²) >= 11 is 0. The first-order valence-corrected chi connectivity index (χ1v) is 7.20. The molecule has 1 amide bonds. The quantitative estimate of drug-likeness (QED) is 0.714. The minimum Gasteiger partial charge on any atom is -0.494 e. The van der Waals surface area contributed by atoms with E-state index < -0.39 is 0 Å². The average molecular weight is 271 g/mol. The predicted molar refractivity (Wildman–Crippen MR) is 79.7 cm³/mol. The number of carbonyl (C=O) groups excluding carboxylic acids is 1. The average Bonchev–Trinajstić information content (AvgIpc) is 3.28. The Kier molecular flexibility index (Phi) is 5.06. The number of hydrogen-bond acceptors (Lipinski definition) is 2. The molecule has 0 aromatic heterocycles. The lowest BCUT2D eigenvalue weighted by Gasteiger charge is -2.20. The van der Waals surface area contributed by atoms with Crippen LogP contribution < -0.4 is 4.74 Å². The summed E-state index contributed by atoms with van der Waals surface area (Å²) in [4.78, 5) is 14.3. The first-order valence-electron chi connectivity index (χ1n) is 7.20. The van der Waals surface area contributed by atoms with Gasteiger partial charge in [-0.2, -0.15) is 0 Å². The van der Waals surface area contributed by atoms with Crippen molar-refractivity contribution >= 4 is 5.91 Å². The molecule has 3 heteroatoms. The molecule has 0 atom stereocenters. The zero-order valence-corrected chi connectivity index (χ0v) is 12.0. The van der Waals surface area contributed by atoms with Crippen LogP contribution in [0.1, 0.15) is 36.5 Å². The van der Waals surface area contributed by atoms with Gasteiger partial charge in [0, 0.05) is 12.1 Å². The monoisotopic (exact) mass is 271 g/mol. The van der Waals surface area contributed by atoms with Crippen molar-refractivity contribution < 1.29 is 9.53 Å². The Morgan fingerprint density at radius 1 is 1.50 bits per heavy atom. The zero-order chi connectivity index (χ0) is 14.4. The molecule has 0 saturated heterocycles. The van der Waals surface area contributed by atoms with E-state index in [1.807, 2.05) is 18.2 Å². The first-order chi connectivity index (χ1) is 9.74. The molecule has 3 nitrogen and oxygen atoms in total. The molecular formula is C17H21NO2. The van der Waals surface area contributed by atoms with Crippen molar-refractivity contribution in [1.29, 1.82) is 0 Å². The molecule has 0 spiro atoms. The van der Waals surface area contributed by atoms with Crippen LogP contribution in [0.25, 0.3) is 0 Å². The third kappa shape index (κ3) is 4.03. The number of amides is 1. The Hall–Kier alpha value is -1.95. The second-order valence-electron chi connectivity index (χ2n) is 5.21. The summed E-state index contributed by atoms with van der Waals surface area (Å²) < 4.78 is 5.57. The maximum Gasteiger partial charge on any atom is 0.254 e. The topological polar surface area (TPSA) is 29.5 Å². The van der Waals surface area contributed by atoms with Gasteiger partial charge < -0.3 is 9.64 Å². The summed E-state index contributed by atoms with van der Waals surface area (Å²) in [5.41, 5.74) is 0.648. The highest BCUT2D eigenvalue weighted by molar-refractivity contribution is 5.94. The third-order valence-electron chi connectivity index (χ3n) is 3.30. The maximum absolute atomic E-state index is 12.5. The Morgan fingerprint density at radius 2 is 2.30 bits per heavy atom. The van der Waals surface area contributed by atoms with Gasteiger partial charge in [0.1, 0.15) is 5.75 Å². The van der Waals surface area contributed by atoms with Crippen molar-refractivity contribution in [2.45, 2.75) is 26.2 Å². The van der Waals surface area contributed by atoms with Crippen molar-refractivity contribution in [2.75, 3.05) is 19.7 Å². The molecule has 2 rings (SSSR count). The Bertz CT molecular complexity index is 500. The van der Waals surface area contributed by atoms with Gasteiger partial charge in [-0.3, -0.25) is 4.79 Å². The van der Waals surface area contributed by atoms with Gasteiger partial charge in [0.25, 0.3) is 5.91 Å². The second kappa shape index (κ2) is 7.00. The Morgan fingerprint density at radius 3 is 2.95 bits per heavy atom. The molecule has 0 unspecified atom stereocenters. The van der Waals surface area contributed by atoms with Crippen molar-refractivity contribution in [3.05, 3.63) is 29.8 Å². The van der Waals surface area contributed by atoms with E-state index >= 15 is 0 Å². The summed E-state index contributed by atoms with van der Waals surface area (Å²) in [5, 5.41) is 0. The molecular weight excluding hydrogens is 250 g/mol. The first kappa shape index (κ1) is 14.5. The van der Waals surface area contributed by atoms with Gasteiger partial charge in [-0.1, -0.05) is 18.9 Å². The molecule has 0 N–H and O–H groups in total. The lowest BCUT2D eigenvalue weighted by molar-refractivity contribution is 0.0769. The van der Waals surface area contributed by atoms with E-state index in [0.717, 1.165) is 18.7 Å². The molecule has 1 fully saturated rings. The highest BCUT2D eigenvalue weighted by Crippen LogP contribution is 2.30. The molecule has 1 aliphatic carbocycles. The number of terminal acetylenes is 1. The highest BCUT2D eigenvalue weighted by Gasteiger charge is 2.26. The minimum absolute atomic E-state index is 0.00296. The predicted octanol–water partition coefficient (Wildman–Crippen LogP) is 2.96. The standard InChI is InChI=1S/C17H21NO2/c1-3-10-18(13-14-8-9-14)17(19)15-6-5-7-16(12-15)20-11-4-2/h1,5-7,12,14H,4,8-11,13H2,2H3. The van der Waals surface area contributed by atoms with Crippen LogP contribution in [0.4, 0.5) is 0 Å². The van der Waals surface area contributed by atoms with Gasteiger partial charge in [-0.15, -0.1) is 6.42 Å². The van der Waals surface area contributed by atoms with E-state index in [-0.39, 0.29) is 5.91 Å². The van der Waals surface area contributed by atoms with Gasteiger partial charge >= 0.3 is 0 Å². The zero-order valence-electron chi connectivity index (χ0n) is 12.0. The molecule has 0 radical (unpaired) electrons. The van der Waals surface area contributed by atoms with Gasteiger partial charge in [0.15, 0.2) is 0 Å². The lowest BCUT2D eigenvalue weighted by Crippen LogP contribution is -2.33. The van der Waals surface area contributed by atoms with Crippen LogP contribution in [0.3, 0.4) is 0 Å². The molecule has 1 aliphatic rings. The Balaban J connectivity index is 2.07. The van der Waals surface area contributed by atoms with Crippen molar-refractivity contribution in [3.8, 4) is 18.1 Å². The third-order valence-corrected chi connectivity index (χ3v) is 3.30. The SMILES string of the molecule is C#CCN(CC1CC1)C(=O)c1cccc(OCCC)c1. The summed E-state index contributed by atoms with van der Waals surface area (Å²) in [6.45, 7) is 3.85. The van der Waals surface area contributed by atoms with E-state index in [4.69, 9.17) is 11.2 Å². The second-order valence-corrected chi connectivity index (χ2v) is 5.21. The van der Waals surface area contributed by atoms with Gasteiger partial charge in [-0.05, 0) is 43.4 Å². The van der Waals surface area contributed by atoms with Crippen LogP contribution >= 0.6 is 0 Å². The summed E-state index contributed by atoms with van der Waals surface area (Å²) in [6, 6.07) is 7.34. The number of carbonyl (C=O) groups is 1. The van der Waals surface area contributed by atoms with Crippen molar-refractivity contribution in [2.24, 2.45) is 5.92 Å². The van der Waals surface area contributed by atoms with E-state index in [9.17, 15) is 4.79 Å². The molecule has 0 bridgehead atoms. The molecule has 0 aliphatic heterocycles. The fourth-order valence-electron chi connectivity index (χ4n) is 2.06. The number of rotatable bonds is 7. The molecule has 1 aromatic carbocycles. The molecule has 20 heavy (non-hydrogen) atoms. The fourth-order valence-corrected chi connectivity index (χ4v) is 2.06.